The molecule has 0 amide bonds. The van der Waals surface area contributed by atoms with Crippen LogP contribution in [0.5, 0.6) is 0 Å². The van der Waals surface area contributed by atoms with Crippen molar-refractivity contribution in [3.63, 3.8) is 0 Å². The zero-order valence-corrected chi connectivity index (χ0v) is 15.5. The molecule has 3 N–H and O–H groups in total. The van der Waals surface area contributed by atoms with Crippen LogP contribution in [0.3, 0.4) is 0 Å². The van der Waals surface area contributed by atoms with Gasteiger partial charge in [0.2, 0.25) is 11.6 Å². The number of carbonyl (C=O) groups is 2. The molecule has 0 radical (unpaired) electrons. The molecule has 0 saturated heterocycles. The highest BCUT2D eigenvalue weighted by Gasteiger charge is 2.57. The fourth-order valence-corrected chi connectivity index (χ4v) is 5.60. The van der Waals surface area contributed by atoms with Crippen LogP contribution >= 0.6 is 0 Å². The standard InChI is InChI=1S/C21H29NO3/c1-12-6-5-9-20(3)15(12)8-7-13(2)21(20,4)11-14-18(24)16(22)10-17(23)19(14)25/h10,13,15,24H,1,5-9,11,22H2,2-4H3. The summed E-state index contributed by atoms with van der Waals surface area (Å²) in [6, 6.07) is 0. The van der Waals surface area contributed by atoms with Crippen LogP contribution in [0.4, 0.5) is 0 Å². The van der Waals surface area contributed by atoms with Crippen molar-refractivity contribution in [2.45, 2.75) is 59.3 Å². The predicted octanol–water partition coefficient (Wildman–Crippen LogP) is 3.98. The maximum absolute atomic E-state index is 12.4. The minimum absolute atomic E-state index is 0.00131. The first kappa shape index (κ1) is 18.0. The molecule has 3 aliphatic rings. The topological polar surface area (TPSA) is 80.4 Å². The predicted molar refractivity (Wildman–Crippen MR) is 97.6 cm³/mol. The highest BCUT2D eigenvalue weighted by Crippen LogP contribution is 2.64. The number of carbonyl (C=O) groups excluding carboxylic acids is 2. The molecule has 0 bridgehead atoms. The minimum atomic E-state index is -0.632. The number of hydrogen-bond acceptors (Lipinski definition) is 4. The van der Waals surface area contributed by atoms with Crippen molar-refractivity contribution in [3.05, 3.63) is 35.3 Å². The molecule has 4 atom stereocenters. The smallest absolute Gasteiger partial charge is 0.232 e. The number of hydrogen-bond donors (Lipinski definition) is 2. The zero-order chi connectivity index (χ0) is 18.6. The molecule has 25 heavy (non-hydrogen) atoms. The van der Waals surface area contributed by atoms with Crippen LogP contribution in [-0.4, -0.2) is 16.7 Å². The average Bonchev–Trinajstić information content (AvgIpc) is 2.55. The van der Waals surface area contributed by atoms with Gasteiger partial charge < -0.3 is 10.8 Å². The van der Waals surface area contributed by atoms with E-state index in [1.165, 1.54) is 5.57 Å². The second-order valence-electron chi connectivity index (χ2n) is 8.67. The Morgan fingerprint density at radius 1 is 1.32 bits per heavy atom. The number of fused-ring (bicyclic) bond motifs is 1. The van der Waals surface area contributed by atoms with Gasteiger partial charge in [-0.15, -0.1) is 0 Å². The van der Waals surface area contributed by atoms with Gasteiger partial charge in [0.05, 0.1) is 5.70 Å². The Morgan fingerprint density at radius 2 is 2.00 bits per heavy atom. The fraction of sp³-hybridized carbons (Fsp3) is 0.619. The van der Waals surface area contributed by atoms with Gasteiger partial charge in [0, 0.05) is 11.6 Å². The highest BCUT2D eigenvalue weighted by atomic mass is 16.3. The third-order valence-electron chi connectivity index (χ3n) is 7.62. The molecule has 0 spiro atoms. The Balaban J connectivity index is 2.05. The number of allylic oxidation sites excluding steroid dienone is 3. The van der Waals surface area contributed by atoms with Crippen molar-refractivity contribution in [3.8, 4) is 0 Å². The molecule has 0 aromatic carbocycles. The summed E-state index contributed by atoms with van der Waals surface area (Å²) < 4.78 is 0. The Morgan fingerprint density at radius 3 is 2.68 bits per heavy atom. The molecule has 3 aliphatic carbocycles. The van der Waals surface area contributed by atoms with E-state index in [0.717, 1.165) is 38.2 Å². The molecule has 0 aliphatic heterocycles. The third kappa shape index (κ3) is 2.49. The van der Waals surface area contributed by atoms with Gasteiger partial charge in [-0.1, -0.05) is 32.9 Å². The van der Waals surface area contributed by atoms with E-state index >= 15 is 0 Å². The van der Waals surface area contributed by atoms with Crippen molar-refractivity contribution < 1.29 is 14.7 Å². The lowest BCUT2D eigenvalue weighted by atomic mass is 9.43. The molecular weight excluding hydrogens is 314 g/mol. The summed E-state index contributed by atoms with van der Waals surface area (Å²) in [5, 5.41) is 10.4. The van der Waals surface area contributed by atoms with Crippen LogP contribution in [0.25, 0.3) is 0 Å². The van der Waals surface area contributed by atoms with Crippen molar-refractivity contribution in [1.29, 1.82) is 0 Å². The Hall–Kier alpha value is -1.84. The van der Waals surface area contributed by atoms with Crippen molar-refractivity contribution in [2.75, 3.05) is 0 Å². The van der Waals surface area contributed by atoms with Gasteiger partial charge in [-0.3, -0.25) is 9.59 Å². The van der Waals surface area contributed by atoms with Gasteiger partial charge in [-0.05, 0) is 61.2 Å². The van der Waals surface area contributed by atoms with Crippen LogP contribution in [0.2, 0.25) is 0 Å². The Labute approximate surface area is 149 Å². The molecule has 0 heterocycles. The average molecular weight is 343 g/mol. The highest BCUT2D eigenvalue weighted by molar-refractivity contribution is 6.48. The van der Waals surface area contributed by atoms with E-state index in [9.17, 15) is 14.7 Å². The summed E-state index contributed by atoms with van der Waals surface area (Å²) in [6.45, 7) is 11.1. The van der Waals surface area contributed by atoms with Crippen LogP contribution in [-0.2, 0) is 9.59 Å². The monoisotopic (exact) mass is 343 g/mol. The van der Waals surface area contributed by atoms with Gasteiger partial charge >= 0.3 is 0 Å². The second kappa shape index (κ2) is 5.86. The fourth-order valence-electron chi connectivity index (χ4n) is 5.60. The van der Waals surface area contributed by atoms with E-state index in [4.69, 9.17) is 5.73 Å². The van der Waals surface area contributed by atoms with Gasteiger partial charge in [0.25, 0.3) is 0 Å². The summed E-state index contributed by atoms with van der Waals surface area (Å²) in [4.78, 5) is 24.4. The van der Waals surface area contributed by atoms with Crippen molar-refractivity contribution in [2.24, 2.45) is 28.4 Å². The van der Waals surface area contributed by atoms with E-state index in [1.54, 1.807) is 0 Å². The molecule has 0 aromatic heterocycles. The summed E-state index contributed by atoms with van der Waals surface area (Å²) in [6.07, 6.45) is 6.88. The summed E-state index contributed by atoms with van der Waals surface area (Å²) in [5.74, 6) is -0.631. The van der Waals surface area contributed by atoms with E-state index in [-0.39, 0.29) is 27.9 Å². The van der Waals surface area contributed by atoms with E-state index in [2.05, 4.69) is 27.4 Å². The van der Waals surface area contributed by atoms with Crippen LogP contribution in [0, 0.1) is 22.7 Å². The van der Waals surface area contributed by atoms with Crippen LogP contribution in [0.15, 0.2) is 35.3 Å². The number of rotatable bonds is 2. The third-order valence-corrected chi connectivity index (χ3v) is 7.62. The number of aliphatic hydroxyl groups is 1. The lowest BCUT2D eigenvalue weighted by Crippen LogP contribution is -2.53. The van der Waals surface area contributed by atoms with E-state index in [0.29, 0.717) is 18.3 Å². The quantitative estimate of drug-likeness (QED) is 0.451. The van der Waals surface area contributed by atoms with Crippen molar-refractivity contribution >= 4 is 11.6 Å². The molecule has 2 saturated carbocycles. The summed E-state index contributed by atoms with van der Waals surface area (Å²) >= 11 is 0. The first-order valence-electron chi connectivity index (χ1n) is 9.28. The van der Waals surface area contributed by atoms with Gasteiger partial charge in [-0.2, -0.15) is 0 Å². The number of ketones is 2. The molecular formula is C21H29NO3. The molecule has 0 aromatic rings. The molecule has 136 valence electrons. The molecule has 4 unspecified atom stereocenters. The van der Waals surface area contributed by atoms with Crippen molar-refractivity contribution in [1.82, 2.24) is 0 Å². The van der Waals surface area contributed by atoms with E-state index < -0.39 is 11.6 Å². The zero-order valence-electron chi connectivity index (χ0n) is 15.5. The summed E-state index contributed by atoms with van der Waals surface area (Å²) in [7, 11) is 0. The number of nitrogens with two attached hydrogens (primary N) is 1. The van der Waals surface area contributed by atoms with E-state index in [1.807, 2.05) is 0 Å². The second-order valence-corrected chi connectivity index (χ2v) is 8.67. The normalized spacial score (nSPS) is 39.3. The van der Waals surface area contributed by atoms with Crippen LogP contribution in [0.1, 0.15) is 59.3 Å². The largest absolute Gasteiger partial charge is 0.505 e. The van der Waals surface area contributed by atoms with Crippen LogP contribution < -0.4 is 5.73 Å². The minimum Gasteiger partial charge on any atom is -0.505 e. The maximum atomic E-state index is 12.4. The van der Waals surface area contributed by atoms with Gasteiger partial charge in [0.15, 0.2) is 0 Å². The SMILES string of the molecule is C=C1CCCC2(C)C1CCC(C)C2(C)CC1=C(O)C(N)=CC(=O)C1=O. The maximum Gasteiger partial charge on any atom is 0.232 e. The Kier molecular flexibility index (Phi) is 4.21. The van der Waals surface area contributed by atoms with Gasteiger partial charge in [-0.25, -0.2) is 0 Å². The lowest BCUT2D eigenvalue weighted by molar-refractivity contribution is -0.133. The molecule has 4 nitrogen and oxygen atoms in total. The Bertz CT molecular complexity index is 717. The summed E-state index contributed by atoms with van der Waals surface area (Å²) in [5.41, 5.74) is 7.07. The first-order valence-corrected chi connectivity index (χ1v) is 9.28. The number of aliphatic hydroxyl groups excluding tert-OH is 1. The molecule has 3 rings (SSSR count). The lowest BCUT2D eigenvalue weighted by Gasteiger charge is -2.61. The first-order chi connectivity index (χ1) is 11.6. The van der Waals surface area contributed by atoms with Gasteiger partial charge in [0.1, 0.15) is 5.76 Å². The molecule has 2 fully saturated rings. The molecule has 4 heteroatoms. The number of Topliss-reactive ketones (excluding diaryl/α,β-unsaturated/α-hetero) is 1.